The summed E-state index contributed by atoms with van der Waals surface area (Å²) in [6.07, 6.45) is 3.94. The van der Waals surface area contributed by atoms with Gasteiger partial charge in [-0.3, -0.25) is 4.90 Å². The molecule has 2 fully saturated rings. The number of hydrogen-bond acceptors (Lipinski definition) is 3. The van der Waals surface area contributed by atoms with Crippen LogP contribution in [0.1, 0.15) is 40.0 Å². The molecule has 2 aliphatic rings. The minimum Gasteiger partial charge on any atom is -0.329 e. The second kappa shape index (κ2) is 4.52. The van der Waals surface area contributed by atoms with Crippen LogP contribution < -0.4 is 5.73 Å². The molecule has 2 rings (SSSR count). The molecule has 0 radical (unpaired) electrons. The first-order chi connectivity index (χ1) is 7.93. The Morgan fingerprint density at radius 3 is 2.41 bits per heavy atom. The van der Waals surface area contributed by atoms with E-state index < -0.39 is 0 Å². The topological polar surface area (TPSA) is 32.5 Å². The lowest BCUT2D eigenvalue weighted by Crippen LogP contribution is -2.66. The van der Waals surface area contributed by atoms with E-state index in [4.69, 9.17) is 5.73 Å². The number of rotatable bonds is 2. The first kappa shape index (κ1) is 13.3. The summed E-state index contributed by atoms with van der Waals surface area (Å²) in [5, 5.41) is 0. The van der Waals surface area contributed by atoms with E-state index in [-0.39, 0.29) is 5.54 Å². The molecule has 0 aromatic rings. The van der Waals surface area contributed by atoms with Gasteiger partial charge in [-0.2, -0.15) is 0 Å². The van der Waals surface area contributed by atoms with Crippen LogP contribution in [0.15, 0.2) is 0 Å². The fourth-order valence-electron chi connectivity index (χ4n) is 4.20. The van der Waals surface area contributed by atoms with Gasteiger partial charge in [-0.05, 0) is 32.2 Å². The van der Waals surface area contributed by atoms with E-state index in [1.807, 2.05) is 0 Å². The van der Waals surface area contributed by atoms with Crippen LogP contribution in [-0.2, 0) is 0 Å². The van der Waals surface area contributed by atoms with Gasteiger partial charge in [-0.25, -0.2) is 0 Å². The van der Waals surface area contributed by atoms with Gasteiger partial charge in [0.05, 0.1) is 0 Å². The predicted octanol–water partition coefficient (Wildman–Crippen LogP) is 1.53. The van der Waals surface area contributed by atoms with Crippen molar-refractivity contribution in [3.05, 3.63) is 0 Å². The van der Waals surface area contributed by atoms with Crippen molar-refractivity contribution in [1.29, 1.82) is 0 Å². The summed E-state index contributed by atoms with van der Waals surface area (Å²) in [5.74, 6) is 0. The molecule has 100 valence electrons. The van der Waals surface area contributed by atoms with Gasteiger partial charge in [0.1, 0.15) is 0 Å². The minimum atomic E-state index is 0.244. The van der Waals surface area contributed by atoms with Crippen molar-refractivity contribution in [3.63, 3.8) is 0 Å². The SMILES string of the molecule is CC1CN(C)CCN1C1(CN)CCCC1(C)C. The van der Waals surface area contributed by atoms with Crippen molar-refractivity contribution in [2.24, 2.45) is 11.1 Å². The summed E-state index contributed by atoms with van der Waals surface area (Å²) in [5.41, 5.74) is 6.83. The van der Waals surface area contributed by atoms with Gasteiger partial charge < -0.3 is 10.6 Å². The van der Waals surface area contributed by atoms with Crippen molar-refractivity contribution >= 4 is 0 Å². The van der Waals surface area contributed by atoms with Crippen LogP contribution >= 0.6 is 0 Å². The highest BCUT2D eigenvalue weighted by Gasteiger charge is 2.53. The van der Waals surface area contributed by atoms with Crippen molar-refractivity contribution in [2.75, 3.05) is 33.2 Å². The molecule has 17 heavy (non-hydrogen) atoms. The van der Waals surface area contributed by atoms with E-state index in [9.17, 15) is 0 Å². The van der Waals surface area contributed by atoms with Crippen LogP contribution in [0, 0.1) is 5.41 Å². The van der Waals surface area contributed by atoms with Crippen LogP contribution in [0.25, 0.3) is 0 Å². The third-order valence-corrected chi connectivity index (χ3v) is 5.37. The molecule has 2 unspecified atom stereocenters. The maximum atomic E-state index is 6.22. The summed E-state index contributed by atoms with van der Waals surface area (Å²) in [4.78, 5) is 5.16. The monoisotopic (exact) mass is 239 g/mol. The van der Waals surface area contributed by atoms with Crippen LogP contribution in [0.4, 0.5) is 0 Å². The van der Waals surface area contributed by atoms with Gasteiger partial charge in [0.2, 0.25) is 0 Å². The zero-order valence-corrected chi connectivity index (χ0v) is 12.0. The highest BCUT2D eigenvalue weighted by Crippen LogP contribution is 2.50. The number of likely N-dealkylation sites (N-methyl/N-ethyl adjacent to an activating group) is 1. The average Bonchev–Trinajstić information content (AvgIpc) is 2.54. The Kier molecular flexibility index (Phi) is 3.54. The molecule has 3 nitrogen and oxygen atoms in total. The van der Waals surface area contributed by atoms with E-state index in [0.717, 1.165) is 6.54 Å². The van der Waals surface area contributed by atoms with E-state index in [1.54, 1.807) is 0 Å². The molecule has 0 aromatic heterocycles. The largest absolute Gasteiger partial charge is 0.329 e. The molecule has 1 aliphatic heterocycles. The first-order valence-electron chi connectivity index (χ1n) is 7.08. The van der Waals surface area contributed by atoms with Crippen LogP contribution in [0.2, 0.25) is 0 Å². The Morgan fingerprint density at radius 2 is 1.94 bits per heavy atom. The summed E-state index contributed by atoms with van der Waals surface area (Å²) >= 11 is 0. The van der Waals surface area contributed by atoms with E-state index >= 15 is 0 Å². The highest BCUT2D eigenvalue weighted by molar-refractivity contribution is 5.09. The summed E-state index contributed by atoms with van der Waals surface area (Å²) in [6.45, 7) is 11.5. The summed E-state index contributed by atoms with van der Waals surface area (Å²) < 4.78 is 0. The van der Waals surface area contributed by atoms with E-state index in [1.165, 1.54) is 38.9 Å². The maximum Gasteiger partial charge on any atom is 0.0386 e. The van der Waals surface area contributed by atoms with Crippen molar-refractivity contribution in [2.45, 2.75) is 51.6 Å². The van der Waals surface area contributed by atoms with Crippen molar-refractivity contribution < 1.29 is 0 Å². The number of hydrogen-bond donors (Lipinski definition) is 1. The van der Waals surface area contributed by atoms with Crippen LogP contribution in [0.5, 0.6) is 0 Å². The number of nitrogens with zero attached hydrogens (tertiary/aromatic N) is 2. The predicted molar refractivity (Wildman–Crippen MR) is 73.1 cm³/mol. The molecule has 3 heteroatoms. The quantitative estimate of drug-likeness (QED) is 0.793. The van der Waals surface area contributed by atoms with E-state index in [0.29, 0.717) is 11.5 Å². The molecule has 0 spiro atoms. The molecule has 2 atom stereocenters. The Labute approximate surface area is 106 Å². The molecule has 0 aromatic carbocycles. The second-order valence-electron chi connectivity index (χ2n) is 6.78. The van der Waals surface area contributed by atoms with Gasteiger partial charge in [0.25, 0.3) is 0 Å². The third kappa shape index (κ3) is 2.02. The van der Waals surface area contributed by atoms with Crippen molar-refractivity contribution in [1.82, 2.24) is 9.80 Å². The lowest BCUT2D eigenvalue weighted by Gasteiger charge is -2.54. The lowest BCUT2D eigenvalue weighted by atomic mass is 9.72. The van der Waals surface area contributed by atoms with Gasteiger partial charge in [-0.1, -0.05) is 20.3 Å². The molecular formula is C14H29N3. The van der Waals surface area contributed by atoms with Gasteiger partial charge in [0, 0.05) is 37.8 Å². The van der Waals surface area contributed by atoms with Gasteiger partial charge in [-0.15, -0.1) is 0 Å². The number of nitrogens with two attached hydrogens (primary N) is 1. The van der Waals surface area contributed by atoms with Crippen molar-refractivity contribution in [3.8, 4) is 0 Å². The molecule has 1 saturated carbocycles. The second-order valence-corrected chi connectivity index (χ2v) is 6.78. The maximum absolute atomic E-state index is 6.22. The normalized spacial score (nSPS) is 39.7. The summed E-state index contributed by atoms with van der Waals surface area (Å²) in [6, 6.07) is 0.634. The zero-order valence-electron chi connectivity index (χ0n) is 12.0. The molecule has 1 saturated heterocycles. The molecular weight excluding hydrogens is 210 g/mol. The average molecular weight is 239 g/mol. The lowest BCUT2D eigenvalue weighted by molar-refractivity contribution is -0.0467. The Bertz CT molecular complexity index is 277. The Morgan fingerprint density at radius 1 is 1.24 bits per heavy atom. The molecule has 2 N–H and O–H groups in total. The standard InChI is InChI=1S/C14H29N3/c1-12-10-16(4)8-9-17(12)14(11-15)7-5-6-13(14,2)3/h12H,5-11,15H2,1-4H3. The minimum absolute atomic E-state index is 0.244. The van der Waals surface area contributed by atoms with Crippen LogP contribution in [-0.4, -0.2) is 54.6 Å². The Balaban J connectivity index is 2.23. The highest BCUT2D eigenvalue weighted by atomic mass is 15.3. The fourth-order valence-corrected chi connectivity index (χ4v) is 4.20. The molecule has 1 heterocycles. The number of piperazine rings is 1. The first-order valence-corrected chi connectivity index (χ1v) is 7.08. The van der Waals surface area contributed by atoms with Gasteiger partial charge >= 0.3 is 0 Å². The Hall–Kier alpha value is -0.120. The van der Waals surface area contributed by atoms with Gasteiger partial charge in [0.15, 0.2) is 0 Å². The molecule has 0 bridgehead atoms. The van der Waals surface area contributed by atoms with E-state index in [2.05, 4.69) is 37.6 Å². The molecule has 1 aliphatic carbocycles. The smallest absolute Gasteiger partial charge is 0.0386 e. The summed E-state index contributed by atoms with van der Waals surface area (Å²) in [7, 11) is 2.22. The third-order valence-electron chi connectivity index (χ3n) is 5.37. The molecule has 0 amide bonds. The van der Waals surface area contributed by atoms with Crippen LogP contribution in [0.3, 0.4) is 0 Å². The zero-order chi connectivity index (χ0) is 12.7. The fraction of sp³-hybridized carbons (Fsp3) is 1.00.